The van der Waals surface area contributed by atoms with Gasteiger partial charge in [-0.2, -0.15) is 0 Å². The maximum Gasteiger partial charge on any atom is 0.138 e. The number of benzene rings is 2. The molecule has 0 fully saturated rings. The Hall–Kier alpha value is -2.75. The number of pyridine rings is 1. The van der Waals surface area contributed by atoms with Gasteiger partial charge >= 0.3 is 0 Å². The molecular weight excluding hydrogens is 312 g/mol. The fourth-order valence-electron chi connectivity index (χ4n) is 3.04. The summed E-state index contributed by atoms with van der Waals surface area (Å²) in [7, 11) is 3.62. The van der Waals surface area contributed by atoms with Crippen molar-refractivity contribution in [3.63, 3.8) is 0 Å². The molecule has 1 heterocycles. The molecule has 1 aromatic heterocycles. The van der Waals surface area contributed by atoms with E-state index in [0.717, 1.165) is 51.4 Å². The van der Waals surface area contributed by atoms with Crippen LogP contribution in [0.25, 0.3) is 10.9 Å². The molecule has 4 nitrogen and oxygen atoms in total. The molecular formula is C21H24N2O2. The molecule has 3 rings (SSSR count). The topological polar surface area (TPSA) is 43.4 Å². The first-order valence-corrected chi connectivity index (χ1v) is 8.50. The highest BCUT2D eigenvalue weighted by molar-refractivity contribution is 5.87. The van der Waals surface area contributed by atoms with Crippen LogP contribution in [-0.4, -0.2) is 19.1 Å². The second-order valence-corrected chi connectivity index (χ2v) is 6.06. The number of anilines is 1. The van der Waals surface area contributed by atoms with Crippen molar-refractivity contribution in [3.8, 4) is 17.2 Å². The van der Waals surface area contributed by atoms with Gasteiger partial charge in [0.25, 0.3) is 0 Å². The fourth-order valence-corrected chi connectivity index (χ4v) is 3.04. The molecule has 0 radical (unpaired) electrons. The molecule has 0 spiro atoms. The number of ether oxygens (including phenoxy) is 2. The SMILES string of the molecule is CCc1cc2c(Oc3ccc(NC)c(C)c3C)ccnc2cc1OC. The number of methoxy groups -OCH3 is 1. The largest absolute Gasteiger partial charge is 0.496 e. The van der Waals surface area contributed by atoms with Crippen molar-refractivity contribution >= 4 is 16.6 Å². The molecule has 0 unspecified atom stereocenters. The summed E-state index contributed by atoms with van der Waals surface area (Å²) in [5.41, 5.74) is 5.44. The fraction of sp³-hybridized carbons (Fsp3) is 0.286. The average molecular weight is 336 g/mol. The third-order valence-electron chi connectivity index (χ3n) is 4.71. The first kappa shape index (κ1) is 17.1. The van der Waals surface area contributed by atoms with Crippen LogP contribution < -0.4 is 14.8 Å². The maximum atomic E-state index is 6.27. The summed E-state index contributed by atoms with van der Waals surface area (Å²) < 4.78 is 11.7. The molecule has 2 aromatic carbocycles. The molecule has 0 bridgehead atoms. The van der Waals surface area contributed by atoms with Crippen molar-refractivity contribution in [2.24, 2.45) is 0 Å². The van der Waals surface area contributed by atoms with Crippen LogP contribution in [0.15, 0.2) is 36.5 Å². The van der Waals surface area contributed by atoms with Gasteiger partial charge in [0, 0.05) is 30.4 Å². The van der Waals surface area contributed by atoms with Crippen LogP contribution in [0.4, 0.5) is 5.69 Å². The Morgan fingerprint density at radius 1 is 1.00 bits per heavy atom. The van der Waals surface area contributed by atoms with Crippen LogP contribution in [0.1, 0.15) is 23.6 Å². The number of hydrogen-bond acceptors (Lipinski definition) is 4. The zero-order valence-electron chi connectivity index (χ0n) is 15.4. The molecule has 25 heavy (non-hydrogen) atoms. The second kappa shape index (κ2) is 7.01. The predicted octanol–water partition coefficient (Wildman–Crippen LogP) is 5.26. The Morgan fingerprint density at radius 2 is 1.80 bits per heavy atom. The van der Waals surface area contributed by atoms with E-state index in [0.29, 0.717) is 0 Å². The Labute approximate surface area is 148 Å². The molecule has 0 amide bonds. The molecule has 0 saturated carbocycles. The standard InChI is InChI=1S/C21H24N2O2/c1-6-15-11-16-18(12-21(15)24-5)23-10-9-20(16)25-19-8-7-17(22-4)13(2)14(19)3/h7-12,22H,6H2,1-5H3. The zero-order valence-corrected chi connectivity index (χ0v) is 15.4. The van der Waals surface area contributed by atoms with Crippen LogP contribution in [0.5, 0.6) is 17.2 Å². The summed E-state index contributed by atoms with van der Waals surface area (Å²) in [6, 6.07) is 10.0. The number of hydrogen-bond donors (Lipinski definition) is 1. The summed E-state index contributed by atoms with van der Waals surface area (Å²) in [6.45, 7) is 6.29. The van der Waals surface area contributed by atoms with Crippen molar-refractivity contribution in [1.29, 1.82) is 0 Å². The summed E-state index contributed by atoms with van der Waals surface area (Å²) in [5, 5.41) is 4.20. The lowest BCUT2D eigenvalue weighted by atomic mass is 10.1. The molecule has 0 aliphatic rings. The van der Waals surface area contributed by atoms with Crippen LogP contribution in [-0.2, 0) is 6.42 Å². The number of nitrogens with zero attached hydrogens (tertiary/aromatic N) is 1. The van der Waals surface area contributed by atoms with Gasteiger partial charge in [0.2, 0.25) is 0 Å². The molecule has 0 aliphatic carbocycles. The minimum Gasteiger partial charge on any atom is -0.496 e. The van der Waals surface area contributed by atoms with Crippen molar-refractivity contribution in [3.05, 3.63) is 53.2 Å². The highest BCUT2D eigenvalue weighted by Gasteiger charge is 2.12. The lowest BCUT2D eigenvalue weighted by Crippen LogP contribution is -1.97. The second-order valence-electron chi connectivity index (χ2n) is 6.06. The van der Waals surface area contributed by atoms with E-state index in [-0.39, 0.29) is 0 Å². The third kappa shape index (κ3) is 3.12. The number of rotatable bonds is 5. The van der Waals surface area contributed by atoms with E-state index in [4.69, 9.17) is 9.47 Å². The minimum absolute atomic E-state index is 0.807. The summed E-state index contributed by atoms with van der Waals surface area (Å²) in [6.07, 6.45) is 2.66. The summed E-state index contributed by atoms with van der Waals surface area (Å²) in [4.78, 5) is 4.46. The quantitative estimate of drug-likeness (QED) is 0.690. The van der Waals surface area contributed by atoms with Gasteiger partial charge in [-0.15, -0.1) is 0 Å². The lowest BCUT2D eigenvalue weighted by molar-refractivity contribution is 0.410. The van der Waals surface area contributed by atoms with Crippen LogP contribution in [0.3, 0.4) is 0 Å². The highest BCUT2D eigenvalue weighted by atomic mass is 16.5. The first-order valence-electron chi connectivity index (χ1n) is 8.50. The van der Waals surface area contributed by atoms with Gasteiger partial charge in [0.15, 0.2) is 0 Å². The number of fused-ring (bicyclic) bond motifs is 1. The monoisotopic (exact) mass is 336 g/mol. The average Bonchev–Trinajstić information content (AvgIpc) is 2.64. The van der Waals surface area contributed by atoms with E-state index in [1.54, 1.807) is 13.3 Å². The summed E-state index contributed by atoms with van der Waals surface area (Å²) in [5.74, 6) is 2.53. The van der Waals surface area contributed by atoms with Crippen LogP contribution in [0.2, 0.25) is 0 Å². The van der Waals surface area contributed by atoms with Gasteiger partial charge in [-0.25, -0.2) is 0 Å². The molecule has 0 atom stereocenters. The molecule has 0 aliphatic heterocycles. The van der Waals surface area contributed by atoms with E-state index in [2.05, 4.69) is 37.1 Å². The number of nitrogens with one attached hydrogen (secondary N) is 1. The molecule has 4 heteroatoms. The smallest absolute Gasteiger partial charge is 0.138 e. The Kier molecular flexibility index (Phi) is 4.79. The maximum absolute atomic E-state index is 6.27. The number of aromatic nitrogens is 1. The van der Waals surface area contributed by atoms with E-state index < -0.39 is 0 Å². The van der Waals surface area contributed by atoms with Crippen LogP contribution in [0, 0.1) is 13.8 Å². The van der Waals surface area contributed by atoms with Crippen molar-refractivity contribution in [2.45, 2.75) is 27.2 Å². The normalized spacial score (nSPS) is 10.8. The van der Waals surface area contributed by atoms with Crippen molar-refractivity contribution in [2.75, 3.05) is 19.5 Å². The van der Waals surface area contributed by atoms with Crippen molar-refractivity contribution in [1.82, 2.24) is 4.98 Å². The Morgan fingerprint density at radius 3 is 2.48 bits per heavy atom. The van der Waals surface area contributed by atoms with Gasteiger partial charge in [0.05, 0.1) is 12.6 Å². The van der Waals surface area contributed by atoms with E-state index >= 15 is 0 Å². The zero-order chi connectivity index (χ0) is 18.0. The van der Waals surface area contributed by atoms with E-state index in [1.165, 1.54) is 5.56 Å². The number of aryl methyl sites for hydroxylation is 1. The molecule has 0 saturated heterocycles. The Bertz CT molecular complexity index is 919. The van der Waals surface area contributed by atoms with Gasteiger partial charge < -0.3 is 14.8 Å². The van der Waals surface area contributed by atoms with E-state index in [9.17, 15) is 0 Å². The third-order valence-corrected chi connectivity index (χ3v) is 4.71. The molecule has 130 valence electrons. The van der Waals surface area contributed by atoms with Gasteiger partial charge in [0.1, 0.15) is 17.2 Å². The van der Waals surface area contributed by atoms with E-state index in [1.807, 2.05) is 31.3 Å². The van der Waals surface area contributed by atoms with Gasteiger partial charge in [-0.1, -0.05) is 6.92 Å². The Balaban J connectivity index is 2.09. The van der Waals surface area contributed by atoms with Gasteiger partial charge in [-0.3, -0.25) is 4.98 Å². The molecule has 3 aromatic rings. The molecule has 1 N–H and O–H groups in total. The first-order chi connectivity index (χ1) is 12.1. The lowest BCUT2D eigenvalue weighted by Gasteiger charge is -2.16. The van der Waals surface area contributed by atoms with Gasteiger partial charge in [-0.05, 0) is 61.2 Å². The predicted molar refractivity (Wildman–Crippen MR) is 103 cm³/mol. The minimum atomic E-state index is 0.807. The van der Waals surface area contributed by atoms with Crippen molar-refractivity contribution < 1.29 is 9.47 Å². The highest BCUT2D eigenvalue weighted by Crippen LogP contribution is 2.36. The van der Waals surface area contributed by atoms with Crippen LogP contribution >= 0.6 is 0 Å². The summed E-state index contributed by atoms with van der Waals surface area (Å²) >= 11 is 0.